The SMILES string of the molecule is C[S+]([O-])CC(C)(C)NC(=O)c1cc2ccccc2c(Cl)c1NC(=O)c1cc(C(F)(F)F)nn1-c1ncccc1Cl. The van der Waals surface area contributed by atoms with E-state index < -0.39 is 46.1 Å². The molecule has 0 fully saturated rings. The minimum absolute atomic E-state index is 0.00791. The van der Waals surface area contributed by atoms with Crippen LogP contribution in [0.2, 0.25) is 10.0 Å². The fourth-order valence-corrected chi connectivity index (χ4v) is 5.69. The molecule has 0 saturated carbocycles. The lowest BCUT2D eigenvalue weighted by molar-refractivity contribution is -0.141. The van der Waals surface area contributed by atoms with Crippen molar-refractivity contribution in [3.8, 4) is 5.82 Å². The van der Waals surface area contributed by atoms with Crippen molar-refractivity contribution in [3.05, 3.63) is 81.7 Å². The van der Waals surface area contributed by atoms with Gasteiger partial charge in [-0.15, -0.1) is 0 Å². The molecule has 0 aliphatic rings. The topological polar surface area (TPSA) is 112 Å². The number of halogens is 5. The van der Waals surface area contributed by atoms with Gasteiger partial charge in [0.1, 0.15) is 11.4 Å². The van der Waals surface area contributed by atoms with Gasteiger partial charge in [-0.1, -0.05) is 58.6 Å². The summed E-state index contributed by atoms with van der Waals surface area (Å²) in [6, 6.07) is 11.7. The van der Waals surface area contributed by atoms with Crippen molar-refractivity contribution in [3.63, 3.8) is 0 Å². The predicted molar refractivity (Wildman–Crippen MR) is 149 cm³/mol. The van der Waals surface area contributed by atoms with E-state index >= 15 is 0 Å². The number of hydrogen-bond acceptors (Lipinski definition) is 5. The molecule has 2 N–H and O–H groups in total. The van der Waals surface area contributed by atoms with Crippen LogP contribution in [0, 0.1) is 0 Å². The number of hydrogen-bond donors (Lipinski definition) is 2. The van der Waals surface area contributed by atoms with Crippen molar-refractivity contribution in [1.82, 2.24) is 20.1 Å². The van der Waals surface area contributed by atoms with Gasteiger partial charge in [-0.3, -0.25) is 9.59 Å². The minimum atomic E-state index is -4.88. The lowest BCUT2D eigenvalue weighted by atomic mass is 10.0. The summed E-state index contributed by atoms with van der Waals surface area (Å²) in [4.78, 5) is 30.9. The Balaban J connectivity index is 1.83. The molecule has 2 aromatic heterocycles. The zero-order valence-electron chi connectivity index (χ0n) is 21.3. The third kappa shape index (κ3) is 6.35. The zero-order valence-corrected chi connectivity index (χ0v) is 23.6. The van der Waals surface area contributed by atoms with Gasteiger partial charge in [0.15, 0.2) is 11.5 Å². The first-order valence-corrected chi connectivity index (χ1v) is 14.1. The molecule has 0 saturated heterocycles. The molecule has 1 unspecified atom stereocenters. The second-order valence-corrected chi connectivity index (χ2v) is 11.7. The van der Waals surface area contributed by atoms with Crippen LogP contribution in [0.1, 0.15) is 40.4 Å². The Kier molecular flexibility index (Phi) is 8.36. The summed E-state index contributed by atoms with van der Waals surface area (Å²) in [5.41, 5.74) is -2.98. The summed E-state index contributed by atoms with van der Waals surface area (Å²) in [5, 5.41) is 9.82. The van der Waals surface area contributed by atoms with E-state index in [-0.39, 0.29) is 32.9 Å². The first-order valence-electron chi connectivity index (χ1n) is 11.6. The van der Waals surface area contributed by atoms with E-state index in [1.807, 2.05) is 0 Å². The van der Waals surface area contributed by atoms with Gasteiger partial charge in [0.05, 0.1) is 33.1 Å². The molecule has 0 aliphatic heterocycles. The average Bonchev–Trinajstić information content (AvgIpc) is 3.31. The normalized spacial score (nSPS) is 12.8. The summed E-state index contributed by atoms with van der Waals surface area (Å²) >= 11 is 11.6. The van der Waals surface area contributed by atoms with E-state index in [0.29, 0.717) is 21.5 Å². The van der Waals surface area contributed by atoms with Crippen molar-refractivity contribution < 1.29 is 27.3 Å². The number of aromatic nitrogens is 3. The molecule has 4 aromatic rings. The number of anilines is 1. The molecule has 2 aromatic carbocycles. The number of carbonyl (C=O) groups is 2. The summed E-state index contributed by atoms with van der Waals surface area (Å²) in [6.45, 7) is 3.36. The highest BCUT2D eigenvalue weighted by molar-refractivity contribution is 7.90. The van der Waals surface area contributed by atoms with Gasteiger partial charge in [0, 0.05) is 17.6 Å². The van der Waals surface area contributed by atoms with Crippen LogP contribution in [0.5, 0.6) is 0 Å². The van der Waals surface area contributed by atoms with Gasteiger partial charge in [0.25, 0.3) is 11.8 Å². The fourth-order valence-electron chi connectivity index (χ4n) is 4.08. The van der Waals surface area contributed by atoms with Crippen molar-refractivity contribution >= 4 is 62.7 Å². The molecule has 0 aliphatic carbocycles. The first kappa shape index (κ1) is 29.7. The van der Waals surface area contributed by atoms with Crippen LogP contribution in [0.25, 0.3) is 16.6 Å². The molecule has 1 atom stereocenters. The fraction of sp³-hybridized carbons (Fsp3) is 0.231. The van der Waals surface area contributed by atoms with Gasteiger partial charge < -0.3 is 15.2 Å². The molecule has 0 bridgehead atoms. The number of benzene rings is 2. The summed E-state index contributed by atoms with van der Waals surface area (Å²) in [6.07, 6.45) is -2.09. The van der Waals surface area contributed by atoms with Crippen molar-refractivity contribution in [2.45, 2.75) is 25.6 Å². The zero-order chi connectivity index (χ0) is 29.4. The Hall–Kier alpha value is -3.32. The van der Waals surface area contributed by atoms with E-state index in [0.717, 1.165) is 0 Å². The van der Waals surface area contributed by atoms with Crippen LogP contribution in [0.3, 0.4) is 0 Å². The largest absolute Gasteiger partial charge is 0.616 e. The van der Waals surface area contributed by atoms with Crippen LogP contribution in [0.15, 0.2) is 54.7 Å². The second-order valence-electron chi connectivity index (χ2n) is 9.48. The number of alkyl halides is 3. The third-order valence-corrected chi connectivity index (χ3v) is 7.47. The maximum Gasteiger partial charge on any atom is 0.435 e. The molecule has 210 valence electrons. The van der Waals surface area contributed by atoms with Gasteiger partial charge in [-0.05, 0) is 37.4 Å². The molecule has 40 heavy (non-hydrogen) atoms. The van der Waals surface area contributed by atoms with E-state index in [9.17, 15) is 27.3 Å². The van der Waals surface area contributed by atoms with Crippen molar-refractivity contribution in [2.75, 3.05) is 17.3 Å². The number of amides is 2. The Morgan fingerprint density at radius 2 is 1.77 bits per heavy atom. The van der Waals surface area contributed by atoms with Crippen molar-refractivity contribution in [1.29, 1.82) is 0 Å². The average molecular weight is 612 g/mol. The highest BCUT2D eigenvalue weighted by atomic mass is 35.5. The number of nitrogens with one attached hydrogen (secondary N) is 2. The van der Waals surface area contributed by atoms with E-state index in [1.165, 1.54) is 30.7 Å². The number of fused-ring (bicyclic) bond motifs is 1. The predicted octanol–water partition coefficient (Wildman–Crippen LogP) is 5.89. The standard InChI is InChI=1S/C26H22Cl2F3N5O3S/c1-25(2,13-40(3)39)34-23(37)16-11-14-7-4-5-8-15(14)20(28)21(16)33-24(38)18-12-19(26(29,30)31)35-36(18)22-17(27)9-6-10-32-22/h4-12H,13H2,1-3H3,(H,33,38)(H,34,37). The maximum atomic E-state index is 13.6. The van der Waals surface area contributed by atoms with Crippen LogP contribution in [-0.4, -0.2) is 48.7 Å². The van der Waals surface area contributed by atoms with Gasteiger partial charge in [-0.2, -0.15) is 18.3 Å². The molecular formula is C26H22Cl2F3N5O3S. The minimum Gasteiger partial charge on any atom is -0.616 e. The highest BCUT2D eigenvalue weighted by Crippen LogP contribution is 2.36. The van der Waals surface area contributed by atoms with Crippen LogP contribution in [-0.2, 0) is 17.4 Å². The summed E-state index contributed by atoms with van der Waals surface area (Å²) in [5.74, 6) is -1.76. The summed E-state index contributed by atoms with van der Waals surface area (Å²) < 4.78 is 53.2. The molecular weight excluding hydrogens is 590 g/mol. The van der Waals surface area contributed by atoms with E-state index in [1.54, 1.807) is 38.1 Å². The Bertz CT molecular complexity index is 1610. The van der Waals surface area contributed by atoms with Gasteiger partial charge >= 0.3 is 6.18 Å². The van der Waals surface area contributed by atoms with E-state index in [4.69, 9.17) is 23.2 Å². The molecule has 0 spiro atoms. The number of carbonyl (C=O) groups excluding carboxylic acids is 2. The quantitative estimate of drug-likeness (QED) is 0.253. The molecule has 2 amide bonds. The van der Waals surface area contributed by atoms with Gasteiger partial charge in [-0.25, -0.2) is 9.67 Å². The molecule has 14 heteroatoms. The lowest BCUT2D eigenvalue weighted by Gasteiger charge is -2.26. The Morgan fingerprint density at radius 1 is 1.07 bits per heavy atom. The molecule has 8 nitrogen and oxygen atoms in total. The number of nitrogens with zero attached hydrogens (tertiary/aromatic N) is 3. The van der Waals surface area contributed by atoms with Crippen LogP contribution < -0.4 is 10.6 Å². The lowest BCUT2D eigenvalue weighted by Crippen LogP contribution is -2.48. The molecule has 2 heterocycles. The first-order chi connectivity index (χ1) is 18.7. The molecule has 4 rings (SSSR count). The Labute approximate surface area is 240 Å². The number of rotatable bonds is 7. The van der Waals surface area contributed by atoms with Crippen LogP contribution in [0.4, 0.5) is 18.9 Å². The Morgan fingerprint density at radius 3 is 2.42 bits per heavy atom. The smallest absolute Gasteiger partial charge is 0.435 e. The number of pyridine rings is 1. The summed E-state index contributed by atoms with van der Waals surface area (Å²) in [7, 11) is 0. The monoisotopic (exact) mass is 611 g/mol. The molecule has 0 radical (unpaired) electrons. The highest BCUT2D eigenvalue weighted by Gasteiger charge is 2.37. The second kappa shape index (κ2) is 11.3. The van der Waals surface area contributed by atoms with Gasteiger partial charge in [0.2, 0.25) is 0 Å². The maximum absolute atomic E-state index is 13.6. The van der Waals surface area contributed by atoms with E-state index in [2.05, 4.69) is 20.7 Å². The van der Waals surface area contributed by atoms with Crippen molar-refractivity contribution in [2.24, 2.45) is 0 Å². The third-order valence-electron chi connectivity index (χ3n) is 5.66. The van der Waals surface area contributed by atoms with Crippen LogP contribution >= 0.6 is 23.2 Å².